The van der Waals surface area contributed by atoms with Crippen LogP contribution in [-0.2, 0) is 6.54 Å². The highest BCUT2D eigenvalue weighted by atomic mass is 16.3. The number of anilines is 1. The summed E-state index contributed by atoms with van der Waals surface area (Å²) in [7, 11) is 0. The monoisotopic (exact) mass is 272 g/mol. The molecule has 0 bridgehead atoms. The minimum atomic E-state index is 0.405. The number of rotatable bonds is 4. The van der Waals surface area contributed by atoms with Gasteiger partial charge < -0.3 is 9.73 Å². The van der Waals surface area contributed by atoms with Gasteiger partial charge in [0.1, 0.15) is 11.5 Å². The molecular weight excluding hydrogens is 252 g/mol. The summed E-state index contributed by atoms with van der Waals surface area (Å²) in [5, 5.41) is 3.41. The average Bonchev–Trinajstić information content (AvgIpc) is 2.86. The summed E-state index contributed by atoms with van der Waals surface area (Å²) in [6, 6.07) is 6.32. The van der Waals surface area contributed by atoms with Gasteiger partial charge in [-0.2, -0.15) is 0 Å². The molecule has 1 saturated heterocycles. The Morgan fingerprint density at radius 3 is 2.95 bits per heavy atom. The van der Waals surface area contributed by atoms with Gasteiger partial charge in [-0.15, -0.1) is 0 Å². The van der Waals surface area contributed by atoms with Gasteiger partial charge in [-0.3, -0.25) is 4.90 Å². The Labute approximate surface area is 119 Å². The molecule has 0 aliphatic carbocycles. The largest absolute Gasteiger partial charge is 0.465 e. The molecule has 2 aromatic rings. The van der Waals surface area contributed by atoms with Crippen LogP contribution in [0.25, 0.3) is 0 Å². The summed E-state index contributed by atoms with van der Waals surface area (Å²) >= 11 is 0. The highest BCUT2D eigenvalue weighted by molar-refractivity contribution is 5.24. The van der Waals surface area contributed by atoms with Crippen molar-refractivity contribution >= 4 is 5.95 Å². The number of hydrogen-bond acceptors (Lipinski definition) is 5. The zero-order chi connectivity index (χ0) is 13.8. The average molecular weight is 272 g/mol. The molecule has 5 nitrogen and oxygen atoms in total. The predicted octanol–water partition coefficient (Wildman–Crippen LogP) is 2.45. The molecule has 1 aliphatic heterocycles. The molecule has 0 saturated carbocycles. The molecule has 106 valence electrons. The molecule has 3 rings (SSSR count). The van der Waals surface area contributed by atoms with Crippen molar-refractivity contribution in [3.05, 3.63) is 42.1 Å². The molecule has 0 radical (unpaired) electrons. The van der Waals surface area contributed by atoms with Gasteiger partial charge in [0, 0.05) is 25.0 Å². The Kier molecular flexibility index (Phi) is 3.97. The van der Waals surface area contributed by atoms with Gasteiger partial charge >= 0.3 is 0 Å². The maximum atomic E-state index is 5.65. The van der Waals surface area contributed by atoms with Crippen LogP contribution in [0.2, 0.25) is 0 Å². The van der Waals surface area contributed by atoms with Crippen LogP contribution in [0.3, 0.4) is 0 Å². The third-order valence-electron chi connectivity index (χ3n) is 3.58. The number of furan rings is 1. The summed E-state index contributed by atoms with van der Waals surface area (Å²) in [6.45, 7) is 4.98. The number of nitrogens with zero attached hydrogens (tertiary/aromatic N) is 3. The highest BCUT2D eigenvalue weighted by Crippen LogP contribution is 2.17. The summed E-state index contributed by atoms with van der Waals surface area (Å²) < 4.78 is 5.65. The molecule has 3 heterocycles. The second-order valence-electron chi connectivity index (χ2n) is 5.30. The normalized spacial score (nSPS) is 19.9. The van der Waals surface area contributed by atoms with Gasteiger partial charge in [0.25, 0.3) is 0 Å². The second-order valence-corrected chi connectivity index (χ2v) is 5.30. The molecule has 1 N–H and O–H groups in total. The lowest BCUT2D eigenvalue weighted by Crippen LogP contribution is -2.41. The maximum Gasteiger partial charge on any atom is 0.222 e. The van der Waals surface area contributed by atoms with E-state index in [1.165, 1.54) is 6.42 Å². The summed E-state index contributed by atoms with van der Waals surface area (Å²) in [4.78, 5) is 10.9. The maximum absolute atomic E-state index is 5.65. The van der Waals surface area contributed by atoms with Gasteiger partial charge in [-0.05, 0) is 44.5 Å². The molecule has 1 fully saturated rings. The van der Waals surface area contributed by atoms with E-state index in [1.54, 1.807) is 12.4 Å². The van der Waals surface area contributed by atoms with E-state index in [9.17, 15) is 0 Å². The lowest BCUT2D eigenvalue weighted by molar-refractivity contribution is 0.193. The van der Waals surface area contributed by atoms with Gasteiger partial charge in [0.2, 0.25) is 5.95 Å². The second kappa shape index (κ2) is 6.05. The van der Waals surface area contributed by atoms with Crippen LogP contribution >= 0.6 is 0 Å². The fourth-order valence-electron chi connectivity index (χ4n) is 2.66. The fourth-order valence-corrected chi connectivity index (χ4v) is 2.66. The third-order valence-corrected chi connectivity index (χ3v) is 3.58. The number of aryl methyl sites for hydroxylation is 1. The van der Waals surface area contributed by atoms with Crippen molar-refractivity contribution in [3.8, 4) is 0 Å². The molecule has 1 atom stereocenters. The minimum absolute atomic E-state index is 0.405. The first kappa shape index (κ1) is 13.1. The predicted molar refractivity (Wildman–Crippen MR) is 77.4 cm³/mol. The SMILES string of the molecule is Cc1ccc(CN2CCCC(Nc3ncccn3)C2)o1. The van der Waals surface area contributed by atoms with Crippen molar-refractivity contribution in [2.24, 2.45) is 0 Å². The van der Waals surface area contributed by atoms with E-state index < -0.39 is 0 Å². The van der Waals surface area contributed by atoms with Crippen LogP contribution in [0.4, 0.5) is 5.95 Å². The van der Waals surface area contributed by atoms with Crippen LogP contribution in [0.5, 0.6) is 0 Å². The number of nitrogens with one attached hydrogen (secondary N) is 1. The molecule has 20 heavy (non-hydrogen) atoms. The van der Waals surface area contributed by atoms with E-state index in [-0.39, 0.29) is 0 Å². The van der Waals surface area contributed by atoms with Crippen LogP contribution in [0, 0.1) is 6.92 Å². The van der Waals surface area contributed by atoms with E-state index in [0.717, 1.165) is 37.6 Å². The summed E-state index contributed by atoms with van der Waals surface area (Å²) in [6.07, 6.45) is 5.87. The molecule has 1 unspecified atom stereocenters. The Morgan fingerprint density at radius 2 is 2.20 bits per heavy atom. The topological polar surface area (TPSA) is 54.2 Å². The quantitative estimate of drug-likeness (QED) is 0.926. The number of hydrogen-bond donors (Lipinski definition) is 1. The molecule has 5 heteroatoms. The highest BCUT2D eigenvalue weighted by Gasteiger charge is 2.21. The molecular formula is C15H20N4O. The zero-order valence-corrected chi connectivity index (χ0v) is 11.7. The Hall–Kier alpha value is -1.88. The van der Waals surface area contributed by atoms with Gasteiger partial charge in [0.15, 0.2) is 0 Å². The Balaban J connectivity index is 1.56. The molecule has 0 spiro atoms. The van der Waals surface area contributed by atoms with E-state index in [2.05, 4.69) is 26.3 Å². The minimum Gasteiger partial charge on any atom is -0.465 e. The zero-order valence-electron chi connectivity index (χ0n) is 11.7. The first-order valence-corrected chi connectivity index (χ1v) is 7.11. The van der Waals surface area contributed by atoms with Gasteiger partial charge in [0.05, 0.1) is 6.54 Å². The first-order valence-electron chi connectivity index (χ1n) is 7.11. The number of likely N-dealkylation sites (tertiary alicyclic amines) is 1. The van der Waals surface area contributed by atoms with Crippen LogP contribution in [-0.4, -0.2) is 34.0 Å². The lowest BCUT2D eigenvalue weighted by atomic mass is 10.1. The fraction of sp³-hybridized carbons (Fsp3) is 0.467. The van der Waals surface area contributed by atoms with Crippen molar-refractivity contribution in [2.45, 2.75) is 32.4 Å². The number of aromatic nitrogens is 2. The van der Waals surface area contributed by atoms with Crippen molar-refractivity contribution in [2.75, 3.05) is 18.4 Å². The van der Waals surface area contributed by atoms with Crippen LogP contribution < -0.4 is 5.32 Å². The van der Waals surface area contributed by atoms with Crippen molar-refractivity contribution in [3.63, 3.8) is 0 Å². The standard InChI is InChI=1S/C15H20N4O/c1-12-5-6-14(20-12)11-19-9-2-4-13(10-19)18-15-16-7-3-8-17-15/h3,5-8,13H,2,4,9-11H2,1H3,(H,16,17,18). The molecule has 1 aliphatic rings. The van der Waals surface area contributed by atoms with Crippen LogP contribution in [0.15, 0.2) is 35.0 Å². The third kappa shape index (κ3) is 3.36. The van der Waals surface area contributed by atoms with E-state index in [4.69, 9.17) is 4.42 Å². The Bertz CT molecular complexity index is 540. The smallest absolute Gasteiger partial charge is 0.222 e. The molecule has 0 amide bonds. The van der Waals surface area contributed by atoms with Gasteiger partial charge in [-0.25, -0.2) is 9.97 Å². The van der Waals surface area contributed by atoms with Crippen molar-refractivity contribution < 1.29 is 4.42 Å². The van der Waals surface area contributed by atoms with E-state index >= 15 is 0 Å². The Morgan fingerprint density at radius 1 is 1.35 bits per heavy atom. The summed E-state index contributed by atoms with van der Waals surface area (Å²) in [5.74, 6) is 2.73. The summed E-state index contributed by atoms with van der Waals surface area (Å²) in [5.41, 5.74) is 0. The van der Waals surface area contributed by atoms with Gasteiger partial charge in [-0.1, -0.05) is 0 Å². The number of piperidine rings is 1. The van der Waals surface area contributed by atoms with Crippen molar-refractivity contribution in [1.29, 1.82) is 0 Å². The lowest BCUT2D eigenvalue weighted by Gasteiger charge is -2.32. The molecule has 2 aromatic heterocycles. The van der Waals surface area contributed by atoms with E-state index in [1.807, 2.05) is 19.1 Å². The van der Waals surface area contributed by atoms with Crippen LogP contribution in [0.1, 0.15) is 24.4 Å². The first-order chi connectivity index (χ1) is 9.79. The molecule has 0 aromatic carbocycles. The van der Waals surface area contributed by atoms with E-state index in [0.29, 0.717) is 12.0 Å². The van der Waals surface area contributed by atoms with Crippen molar-refractivity contribution in [1.82, 2.24) is 14.9 Å².